The fraction of sp³-hybridized carbons (Fsp3) is 0.667. The fourth-order valence-electron chi connectivity index (χ4n) is 2.63. The van der Waals surface area contributed by atoms with Crippen LogP contribution in [0.4, 0.5) is 0 Å². The summed E-state index contributed by atoms with van der Waals surface area (Å²) < 4.78 is 11.2. The number of hydrogen-bond acceptors (Lipinski definition) is 3. The van der Waals surface area contributed by atoms with Crippen LogP contribution in [0, 0.1) is 5.92 Å². The molecule has 1 aromatic rings. The zero-order valence-electron chi connectivity index (χ0n) is 13.3. The van der Waals surface area contributed by atoms with E-state index in [0.29, 0.717) is 5.92 Å². The van der Waals surface area contributed by atoms with Crippen LogP contribution in [-0.4, -0.2) is 26.4 Å². The van der Waals surface area contributed by atoms with Gasteiger partial charge in [-0.1, -0.05) is 31.9 Å². The molecule has 1 atom stereocenters. The van der Waals surface area contributed by atoms with Crippen LogP contribution in [0.5, 0.6) is 5.75 Å². The van der Waals surface area contributed by atoms with E-state index in [0.717, 1.165) is 45.1 Å². The van der Waals surface area contributed by atoms with Crippen LogP contribution in [0.3, 0.4) is 0 Å². The normalized spacial score (nSPS) is 18.6. The molecule has 1 aliphatic heterocycles. The smallest absolute Gasteiger partial charge is 0.119 e. The molecule has 1 N–H and O–H groups in total. The monoisotopic (exact) mass is 291 g/mol. The van der Waals surface area contributed by atoms with Crippen LogP contribution < -0.4 is 10.1 Å². The average Bonchev–Trinajstić information content (AvgIpc) is 2.54. The van der Waals surface area contributed by atoms with Crippen molar-refractivity contribution in [3.8, 4) is 5.75 Å². The maximum atomic E-state index is 5.73. The molecule has 0 spiro atoms. The van der Waals surface area contributed by atoms with Gasteiger partial charge >= 0.3 is 0 Å². The van der Waals surface area contributed by atoms with Gasteiger partial charge in [0.25, 0.3) is 0 Å². The van der Waals surface area contributed by atoms with E-state index in [9.17, 15) is 0 Å². The van der Waals surface area contributed by atoms with Crippen LogP contribution >= 0.6 is 0 Å². The molecule has 1 aliphatic rings. The summed E-state index contributed by atoms with van der Waals surface area (Å²) in [5, 5.41) is 3.53. The van der Waals surface area contributed by atoms with Crippen molar-refractivity contribution in [1.82, 2.24) is 5.32 Å². The van der Waals surface area contributed by atoms with Crippen molar-refractivity contribution in [2.75, 3.05) is 26.4 Å². The van der Waals surface area contributed by atoms with Gasteiger partial charge < -0.3 is 14.8 Å². The lowest BCUT2D eigenvalue weighted by molar-refractivity contribution is 0.0547. The van der Waals surface area contributed by atoms with Crippen LogP contribution in [-0.2, 0) is 11.3 Å². The Hall–Kier alpha value is -1.06. The van der Waals surface area contributed by atoms with E-state index in [4.69, 9.17) is 9.47 Å². The van der Waals surface area contributed by atoms with Gasteiger partial charge in [-0.05, 0) is 42.9 Å². The Labute approximate surface area is 129 Å². The second-order valence-electron chi connectivity index (χ2n) is 5.91. The molecular formula is C18H29NO2. The molecular weight excluding hydrogens is 262 g/mol. The summed E-state index contributed by atoms with van der Waals surface area (Å²) in [4.78, 5) is 0. The Bertz CT molecular complexity index is 371. The van der Waals surface area contributed by atoms with Crippen molar-refractivity contribution in [3.63, 3.8) is 0 Å². The van der Waals surface area contributed by atoms with Gasteiger partial charge in [-0.15, -0.1) is 0 Å². The Balaban J connectivity index is 1.62. The molecule has 21 heavy (non-hydrogen) atoms. The van der Waals surface area contributed by atoms with Crippen LogP contribution in [0.25, 0.3) is 0 Å². The minimum Gasteiger partial charge on any atom is -0.494 e. The molecule has 1 unspecified atom stereocenters. The number of rotatable bonds is 9. The van der Waals surface area contributed by atoms with E-state index < -0.39 is 0 Å². The predicted molar refractivity (Wildman–Crippen MR) is 86.7 cm³/mol. The number of hydrogen-bond donors (Lipinski definition) is 1. The van der Waals surface area contributed by atoms with Crippen LogP contribution in [0.1, 0.15) is 44.6 Å². The first kappa shape index (κ1) is 16.3. The highest BCUT2D eigenvalue weighted by Gasteiger charge is 2.12. The molecule has 0 amide bonds. The maximum absolute atomic E-state index is 5.73. The van der Waals surface area contributed by atoms with E-state index in [2.05, 4.69) is 36.5 Å². The lowest BCUT2D eigenvalue weighted by atomic mass is 10.0. The van der Waals surface area contributed by atoms with Crippen LogP contribution in [0.15, 0.2) is 24.3 Å². The van der Waals surface area contributed by atoms with Crippen molar-refractivity contribution >= 4 is 0 Å². The molecule has 1 saturated heterocycles. The topological polar surface area (TPSA) is 30.5 Å². The lowest BCUT2D eigenvalue weighted by Gasteiger charge is -2.22. The zero-order valence-corrected chi connectivity index (χ0v) is 13.3. The summed E-state index contributed by atoms with van der Waals surface area (Å²) in [6, 6.07) is 8.46. The van der Waals surface area contributed by atoms with Gasteiger partial charge in [0.15, 0.2) is 0 Å². The van der Waals surface area contributed by atoms with Gasteiger partial charge in [-0.2, -0.15) is 0 Å². The molecule has 118 valence electrons. The Morgan fingerprint density at radius 1 is 1.24 bits per heavy atom. The number of benzene rings is 1. The largest absolute Gasteiger partial charge is 0.494 e. The Morgan fingerprint density at radius 3 is 2.81 bits per heavy atom. The van der Waals surface area contributed by atoms with E-state index in [1.807, 2.05) is 0 Å². The van der Waals surface area contributed by atoms with Gasteiger partial charge in [0.2, 0.25) is 0 Å². The standard InChI is InChI=1S/C18H29NO2/c1-2-3-4-12-21-18-9-7-16(8-10-18)13-19-14-17-6-5-11-20-15-17/h7-10,17,19H,2-6,11-15H2,1H3. The van der Waals surface area contributed by atoms with E-state index in [-0.39, 0.29) is 0 Å². The van der Waals surface area contributed by atoms with Crippen molar-refractivity contribution in [1.29, 1.82) is 0 Å². The molecule has 1 aromatic carbocycles. The summed E-state index contributed by atoms with van der Waals surface area (Å²) in [7, 11) is 0. The van der Waals surface area contributed by atoms with Gasteiger partial charge in [-0.3, -0.25) is 0 Å². The van der Waals surface area contributed by atoms with Crippen molar-refractivity contribution in [2.24, 2.45) is 5.92 Å². The first-order valence-electron chi connectivity index (χ1n) is 8.38. The van der Waals surface area contributed by atoms with Gasteiger partial charge in [0.05, 0.1) is 13.2 Å². The maximum Gasteiger partial charge on any atom is 0.119 e. The molecule has 1 heterocycles. The Morgan fingerprint density at radius 2 is 2.10 bits per heavy atom. The first-order valence-corrected chi connectivity index (χ1v) is 8.38. The molecule has 0 aromatic heterocycles. The fourth-order valence-corrected chi connectivity index (χ4v) is 2.63. The summed E-state index contributed by atoms with van der Waals surface area (Å²) in [5.41, 5.74) is 1.31. The summed E-state index contributed by atoms with van der Waals surface area (Å²) in [6.07, 6.45) is 6.12. The third kappa shape index (κ3) is 6.49. The van der Waals surface area contributed by atoms with E-state index >= 15 is 0 Å². The second-order valence-corrected chi connectivity index (χ2v) is 5.91. The molecule has 0 aliphatic carbocycles. The third-order valence-electron chi connectivity index (χ3n) is 3.96. The SMILES string of the molecule is CCCCCOc1ccc(CNCC2CCCOC2)cc1. The highest BCUT2D eigenvalue weighted by molar-refractivity contribution is 5.27. The minimum atomic E-state index is 0.680. The summed E-state index contributed by atoms with van der Waals surface area (Å²) in [6.45, 7) is 6.87. The molecule has 1 fully saturated rings. The highest BCUT2D eigenvalue weighted by Crippen LogP contribution is 2.14. The minimum absolute atomic E-state index is 0.680. The molecule has 2 rings (SSSR count). The van der Waals surface area contributed by atoms with Crippen LogP contribution in [0.2, 0.25) is 0 Å². The summed E-state index contributed by atoms with van der Waals surface area (Å²) in [5.74, 6) is 1.66. The van der Waals surface area contributed by atoms with E-state index in [1.165, 1.54) is 31.2 Å². The first-order chi connectivity index (χ1) is 10.4. The molecule has 0 saturated carbocycles. The van der Waals surface area contributed by atoms with E-state index in [1.54, 1.807) is 0 Å². The molecule has 3 heteroatoms. The average molecular weight is 291 g/mol. The highest BCUT2D eigenvalue weighted by atomic mass is 16.5. The lowest BCUT2D eigenvalue weighted by Crippen LogP contribution is -2.28. The number of ether oxygens (including phenoxy) is 2. The molecule has 3 nitrogen and oxygen atoms in total. The third-order valence-corrected chi connectivity index (χ3v) is 3.96. The number of unbranched alkanes of at least 4 members (excludes halogenated alkanes) is 2. The zero-order chi connectivity index (χ0) is 14.8. The quantitative estimate of drug-likeness (QED) is 0.703. The molecule has 0 bridgehead atoms. The second kappa shape index (κ2) is 9.80. The van der Waals surface area contributed by atoms with Crippen molar-refractivity contribution < 1.29 is 9.47 Å². The number of nitrogens with one attached hydrogen (secondary N) is 1. The predicted octanol–water partition coefficient (Wildman–Crippen LogP) is 3.77. The van der Waals surface area contributed by atoms with Crippen molar-refractivity contribution in [3.05, 3.63) is 29.8 Å². The van der Waals surface area contributed by atoms with Gasteiger partial charge in [-0.25, -0.2) is 0 Å². The van der Waals surface area contributed by atoms with Gasteiger partial charge in [0.1, 0.15) is 5.75 Å². The van der Waals surface area contributed by atoms with Gasteiger partial charge in [0, 0.05) is 19.7 Å². The molecule has 0 radical (unpaired) electrons. The van der Waals surface area contributed by atoms with Crippen molar-refractivity contribution in [2.45, 2.75) is 45.6 Å². The summed E-state index contributed by atoms with van der Waals surface area (Å²) >= 11 is 0. The Kier molecular flexibility index (Phi) is 7.61.